The Kier molecular flexibility index (Phi) is 4.19. The fourth-order valence-electron chi connectivity index (χ4n) is 4.75. The van der Waals surface area contributed by atoms with Crippen LogP contribution in [0.5, 0.6) is 0 Å². The molecule has 1 N–H and O–H groups in total. The number of aliphatic hydroxyl groups is 1. The van der Waals surface area contributed by atoms with Crippen molar-refractivity contribution in [2.24, 2.45) is 11.3 Å². The van der Waals surface area contributed by atoms with Gasteiger partial charge in [0.2, 0.25) is 0 Å². The van der Waals surface area contributed by atoms with E-state index in [1.807, 2.05) is 0 Å². The lowest BCUT2D eigenvalue weighted by Gasteiger charge is -2.47. The molecule has 110 valence electrons. The lowest BCUT2D eigenvalue weighted by Crippen LogP contribution is -2.50. The quantitative estimate of drug-likeness (QED) is 0.821. The second-order valence-corrected chi connectivity index (χ2v) is 7.58. The molecule has 2 heteroatoms. The molecule has 0 bridgehead atoms. The van der Waals surface area contributed by atoms with Gasteiger partial charge in [-0.25, -0.2) is 0 Å². The zero-order valence-corrected chi connectivity index (χ0v) is 12.6. The van der Waals surface area contributed by atoms with Crippen LogP contribution in [0.15, 0.2) is 0 Å². The zero-order chi connectivity index (χ0) is 13.3. The molecule has 0 aromatic heterocycles. The maximum Gasteiger partial charge on any atom is 0.0555 e. The van der Waals surface area contributed by atoms with Crippen molar-refractivity contribution in [3.63, 3.8) is 0 Å². The molecule has 0 aromatic carbocycles. The highest BCUT2D eigenvalue weighted by molar-refractivity contribution is 4.99. The molecular weight excluding hydrogens is 234 g/mol. The molecule has 19 heavy (non-hydrogen) atoms. The SMILES string of the molecule is CN(CCCC1CC1)C1CC(O)CCC12CCCC2. The number of hydrogen-bond acceptors (Lipinski definition) is 2. The van der Waals surface area contributed by atoms with Gasteiger partial charge in [0.25, 0.3) is 0 Å². The largest absolute Gasteiger partial charge is 0.393 e. The smallest absolute Gasteiger partial charge is 0.0555 e. The van der Waals surface area contributed by atoms with E-state index < -0.39 is 0 Å². The predicted molar refractivity (Wildman–Crippen MR) is 79.1 cm³/mol. The van der Waals surface area contributed by atoms with E-state index in [9.17, 15) is 5.11 Å². The van der Waals surface area contributed by atoms with Gasteiger partial charge in [0.1, 0.15) is 0 Å². The molecule has 2 unspecified atom stereocenters. The molecule has 0 aliphatic heterocycles. The second kappa shape index (κ2) is 5.73. The summed E-state index contributed by atoms with van der Waals surface area (Å²) in [5.74, 6) is 1.06. The second-order valence-electron chi connectivity index (χ2n) is 7.58. The molecule has 0 aromatic rings. The first-order valence-electron chi connectivity index (χ1n) is 8.58. The van der Waals surface area contributed by atoms with Crippen LogP contribution in [0.25, 0.3) is 0 Å². The van der Waals surface area contributed by atoms with Gasteiger partial charge < -0.3 is 10.0 Å². The molecule has 1 spiro atoms. The highest BCUT2D eigenvalue weighted by Gasteiger charge is 2.46. The summed E-state index contributed by atoms with van der Waals surface area (Å²) < 4.78 is 0. The maximum atomic E-state index is 10.1. The predicted octanol–water partition coefficient (Wildman–Crippen LogP) is 3.58. The van der Waals surface area contributed by atoms with Gasteiger partial charge in [-0.2, -0.15) is 0 Å². The molecule has 3 aliphatic rings. The van der Waals surface area contributed by atoms with Crippen molar-refractivity contribution in [2.75, 3.05) is 13.6 Å². The molecule has 3 aliphatic carbocycles. The molecule has 2 nitrogen and oxygen atoms in total. The molecule has 0 saturated heterocycles. The Hall–Kier alpha value is -0.0800. The summed E-state index contributed by atoms with van der Waals surface area (Å²) in [7, 11) is 2.32. The van der Waals surface area contributed by atoms with Crippen LogP contribution < -0.4 is 0 Å². The summed E-state index contributed by atoms with van der Waals surface area (Å²) in [6.07, 6.45) is 14.7. The minimum atomic E-state index is -0.0397. The van der Waals surface area contributed by atoms with Crippen LogP contribution in [-0.2, 0) is 0 Å². The van der Waals surface area contributed by atoms with Gasteiger partial charge >= 0.3 is 0 Å². The van der Waals surface area contributed by atoms with Crippen LogP contribution in [0.2, 0.25) is 0 Å². The third kappa shape index (κ3) is 3.16. The molecule has 3 fully saturated rings. The molecular formula is C17H31NO. The Morgan fingerprint density at radius 2 is 1.84 bits per heavy atom. The van der Waals surface area contributed by atoms with Gasteiger partial charge in [0.05, 0.1) is 6.10 Å². The first-order chi connectivity index (χ1) is 9.20. The standard InChI is InChI=1S/C17H31NO/c1-18(12-4-5-14-6-7-14)16-13-15(19)8-11-17(16)9-2-3-10-17/h14-16,19H,2-13H2,1H3. The first kappa shape index (κ1) is 13.9. The highest BCUT2D eigenvalue weighted by atomic mass is 16.3. The van der Waals surface area contributed by atoms with E-state index in [0.717, 1.165) is 18.8 Å². The summed E-state index contributed by atoms with van der Waals surface area (Å²) in [6, 6.07) is 0.651. The van der Waals surface area contributed by atoms with Gasteiger partial charge in [-0.3, -0.25) is 0 Å². The zero-order valence-electron chi connectivity index (χ0n) is 12.6. The van der Waals surface area contributed by atoms with Crippen LogP contribution in [0.1, 0.15) is 70.6 Å². The Morgan fingerprint density at radius 1 is 1.11 bits per heavy atom. The summed E-state index contributed by atoms with van der Waals surface area (Å²) in [6.45, 7) is 1.25. The maximum absolute atomic E-state index is 10.1. The number of hydrogen-bond donors (Lipinski definition) is 1. The van der Waals surface area contributed by atoms with Crippen molar-refractivity contribution in [3.05, 3.63) is 0 Å². The number of rotatable bonds is 5. The summed E-state index contributed by atoms with van der Waals surface area (Å²) >= 11 is 0. The topological polar surface area (TPSA) is 23.5 Å². The molecule has 2 atom stereocenters. The summed E-state index contributed by atoms with van der Waals surface area (Å²) in [5.41, 5.74) is 0.563. The molecule has 3 rings (SSSR count). The number of aliphatic hydroxyl groups excluding tert-OH is 1. The van der Waals surface area contributed by atoms with Crippen LogP contribution in [0, 0.1) is 11.3 Å². The fourth-order valence-corrected chi connectivity index (χ4v) is 4.75. The Morgan fingerprint density at radius 3 is 2.53 bits per heavy atom. The van der Waals surface area contributed by atoms with Crippen molar-refractivity contribution in [1.82, 2.24) is 4.90 Å². The lowest BCUT2D eigenvalue weighted by molar-refractivity contribution is -0.0172. The first-order valence-corrected chi connectivity index (χ1v) is 8.58. The minimum Gasteiger partial charge on any atom is -0.393 e. The van der Waals surface area contributed by atoms with E-state index in [4.69, 9.17) is 0 Å². The van der Waals surface area contributed by atoms with Crippen molar-refractivity contribution in [3.8, 4) is 0 Å². The highest BCUT2D eigenvalue weighted by Crippen LogP contribution is 2.50. The summed E-state index contributed by atoms with van der Waals surface area (Å²) in [5, 5.41) is 10.1. The lowest BCUT2D eigenvalue weighted by atomic mass is 9.67. The van der Waals surface area contributed by atoms with Crippen molar-refractivity contribution in [1.29, 1.82) is 0 Å². The molecule has 3 saturated carbocycles. The average molecular weight is 265 g/mol. The van der Waals surface area contributed by atoms with Gasteiger partial charge in [0.15, 0.2) is 0 Å². The van der Waals surface area contributed by atoms with Crippen molar-refractivity contribution in [2.45, 2.75) is 82.8 Å². The van der Waals surface area contributed by atoms with E-state index >= 15 is 0 Å². The van der Waals surface area contributed by atoms with Gasteiger partial charge in [-0.15, -0.1) is 0 Å². The Balaban J connectivity index is 1.57. The van der Waals surface area contributed by atoms with E-state index in [2.05, 4.69) is 11.9 Å². The molecule has 0 amide bonds. The van der Waals surface area contributed by atoms with Crippen molar-refractivity contribution < 1.29 is 5.11 Å². The van der Waals surface area contributed by atoms with Crippen molar-refractivity contribution >= 4 is 0 Å². The van der Waals surface area contributed by atoms with Gasteiger partial charge in [-0.05, 0) is 69.9 Å². The molecule has 0 radical (unpaired) electrons. The Bertz CT molecular complexity index is 294. The normalized spacial score (nSPS) is 34.3. The van der Waals surface area contributed by atoms with Crippen LogP contribution in [0.4, 0.5) is 0 Å². The fraction of sp³-hybridized carbons (Fsp3) is 1.00. The van der Waals surface area contributed by atoms with E-state index in [-0.39, 0.29) is 6.10 Å². The molecule has 0 heterocycles. The third-order valence-electron chi connectivity index (χ3n) is 6.13. The average Bonchev–Trinajstić information content (AvgIpc) is 3.11. The van der Waals surface area contributed by atoms with E-state index in [1.165, 1.54) is 64.3 Å². The van der Waals surface area contributed by atoms with Crippen LogP contribution in [0.3, 0.4) is 0 Å². The monoisotopic (exact) mass is 265 g/mol. The minimum absolute atomic E-state index is 0.0397. The van der Waals surface area contributed by atoms with E-state index in [1.54, 1.807) is 0 Å². The van der Waals surface area contributed by atoms with Crippen LogP contribution >= 0.6 is 0 Å². The number of nitrogens with zero attached hydrogens (tertiary/aromatic N) is 1. The van der Waals surface area contributed by atoms with Gasteiger partial charge in [-0.1, -0.05) is 25.7 Å². The third-order valence-corrected chi connectivity index (χ3v) is 6.13. The summed E-state index contributed by atoms with van der Waals surface area (Å²) in [4.78, 5) is 2.61. The Labute approximate surface area is 118 Å². The van der Waals surface area contributed by atoms with Crippen LogP contribution in [-0.4, -0.2) is 35.7 Å². The van der Waals surface area contributed by atoms with Gasteiger partial charge in [0, 0.05) is 6.04 Å². The van der Waals surface area contributed by atoms with E-state index in [0.29, 0.717) is 11.5 Å².